The Bertz CT molecular complexity index is 221. The quantitative estimate of drug-likeness (QED) is 0.693. The lowest BCUT2D eigenvalue weighted by Crippen LogP contribution is -2.60. The molecule has 1 N–H and O–H groups in total. The molecule has 2 aliphatic rings. The molecule has 1 aliphatic heterocycles. The summed E-state index contributed by atoms with van der Waals surface area (Å²) in [6.45, 7) is 2.38. The van der Waals surface area contributed by atoms with E-state index >= 15 is 0 Å². The maximum atomic E-state index is 11.2. The highest BCUT2D eigenvalue weighted by atomic mass is 16.5. The van der Waals surface area contributed by atoms with Crippen molar-refractivity contribution in [1.29, 1.82) is 0 Å². The molecule has 1 saturated carbocycles. The van der Waals surface area contributed by atoms with Gasteiger partial charge in [-0.2, -0.15) is 0 Å². The molecule has 2 rings (SSSR count). The molecule has 2 fully saturated rings. The molecule has 80 valence electrons. The van der Waals surface area contributed by atoms with E-state index in [1.807, 2.05) is 0 Å². The Morgan fingerprint density at radius 3 is 2.79 bits per heavy atom. The third-order valence-electron chi connectivity index (χ3n) is 3.57. The van der Waals surface area contributed by atoms with Gasteiger partial charge in [0.15, 0.2) is 0 Å². The fourth-order valence-electron chi connectivity index (χ4n) is 2.79. The molecule has 3 heteroatoms. The van der Waals surface area contributed by atoms with Crippen molar-refractivity contribution >= 4 is 5.91 Å². The van der Waals surface area contributed by atoms with Crippen molar-refractivity contribution in [2.75, 3.05) is 6.61 Å². The molecule has 0 radical (unpaired) electrons. The van der Waals surface area contributed by atoms with Gasteiger partial charge in [0.2, 0.25) is 5.91 Å². The van der Waals surface area contributed by atoms with E-state index in [9.17, 15) is 4.79 Å². The Kier molecular flexibility index (Phi) is 2.77. The maximum Gasteiger partial charge on any atom is 0.246 e. The largest absolute Gasteiger partial charge is 0.363 e. The zero-order chi connectivity index (χ0) is 10.0. The fraction of sp³-hybridized carbons (Fsp3) is 0.909. The monoisotopic (exact) mass is 197 g/mol. The van der Waals surface area contributed by atoms with Crippen molar-refractivity contribution < 1.29 is 9.53 Å². The predicted octanol–water partition coefficient (Wildman–Crippen LogP) is 1.61. The van der Waals surface area contributed by atoms with Gasteiger partial charge in [-0.25, -0.2) is 0 Å². The van der Waals surface area contributed by atoms with Gasteiger partial charge in [-0.3, -0.25) is 4.79 Å². The second kappa shape index (κ2) is 3.89. The van der Waals surface area contributed by atoms with Gasteiger partial charge in [-0.15, -0.1) is 0 Å². The van der Waals surface area contributed by atoms with E-state index < -0.39 is 0 Å². The van der Waals surface area contributed by atoms with Crippen LogP contribution in [0.25, 0.3) is 0 Å². The fourth-order valence-corrected chi connectivity index (χ4v) is 2.79. The molecule has 14 heavy (non-hydrogen) atoms. The molecule has 0 aromatic rings. The van der Waals surface area contributed by atoms with Crippen LogP contribution in [0.15, 0.2) is 0 Å². The molecular formula is C11H19NO2. The standard InChI is InChI=1S/C11H19NO2/c1-2-9-11(6-4-3-5-7-11)14-8-10(13)12-9/h9H,2-8H2,1H3,(H,12,13). The van der Waals surface area contributed by atoms with Gasteiger partial charge in [-0.05, 0) is 19.3 Å². The first kappa shape index (κ1) is 9.97. The molecule has 1 amide bonds. The van der Waals surface area contributed by atoms with Crippen LogP contribution in [0.2, 0.25) is 0 Å². The van der Waals surface area contributed by atoms with Gasteiger partial charge in [0, 0.05) is 0 Å². The Hall–Kier alpha value is -0.570. The van der Waals surface area contributed by atoms with Crippen LogP contribution in [0.1, 0.15) is 45.4 Å². The van der Waals surface area contributed by atoms with Crippen molar-refractivity contribution in [2.45, 2.75) is 57.1 Å². The molecule has 1 aliphatic carbocycles. The van der Waals surface area contributed by atoms with E-state index in [0.29, 0.717) is 0 Å². The Morgan fingerprint density at radius 1 is 1.43 bits per heavy atom. The molecule has 1 atom stereocenters. The van der Waals surface area contributed by atoms with Crippen LogP contribution in [-0.2, 0) is 9.53 Å². The van der Waals surface area contributed by atoms with Crippen molar-refractivity contribution in [2.24, 2.45) is 0 Å². The lowest BCUT2D eigenvalue weighted by molar-refractivity contribution is -0.158. The highest BCUT2D eigenvalue weighted by Gasteiger charge is 2.43. The molecule has 0 aromatic heterocycles. The highest BCUT2D eigenvalue weighted by molar-refractivity contribution is 5.78. The molecule has 3 nitrogen and oxygen atoms in total. The molecule has 1 saturated heterocycles. The normalized spacial score (nSPS) is 31.5. The Labute approximate surface area is 85.2 Å². The minimum Gasteiger partial charge on any atom is -0.363 e. The van der Waals surface area contributed by atoms with E-state index in [4.69, 9.17) is 4.74 Å². The van der Waals surface area contributed by atoms with Crippen LogP contribution in [0.5, 0.6) is 0 Å². The summed E-state index contributed by atoms with van der Waals surface area (Å²) in [5.74, 6) is 0.0491. The maximum absolute atomic E-state index is 11.2. The van der Waals surface area contributed by atoms with E-state index in [-0.39, 0.29) is 24.2 Å². The minimum atomic E-state index is -0.0269. The second-order valence-electron chi connectivity index (χ2n) is 4.44. The van der Waals surface area contributed by atoms with Crippen LogP contribution in [0, 0.1) is 0 Å². The smallest absolute Gasteiger partial charge is 0.246 e. The summed E-state index contributed by atoms with van der Waals surface area (Å²) in [6.07, 6.45) is 7.01. The van der Waals surface area contributed by atoms with Gasteiger partial charge < -0.3 is 10.1 Å². The van der Waals surface area contributed by atoms with E-state index in [1.165, 1.54) is 19.3 Å². The van der Waals surface area contributed by atoms with Crippen LogP contribution in [0.3, 0.4) is 0 Å². The van der Waals surface area contributed by atoms with Gasteiger partial charge >= 0.3 is 0 Å². The lowest BCUT2D eigenvalue weighted by atomic mass is 9.77. The molecule has 1 unspecified atom stereocenters. The average Bonchev–Trinajstić information content (AvgIpc) is 2.23. The molecule has 0 aromatic carbocycles. The number of morpholine rings is 1. The number of hydrogen-bond donors (Lipinski definition) is 1. The SMILES string of the molecule is CCC1NC(=O)COC12CCCCC2. The lowest BCUT2D eigenvalue weighted by Gasteiger charge is -2.46. The highest BCUT2D eigenvalue weighted by Crippen LogP contribution is 2.37. The zero-order valence-corrected chi connectivity index (χ0v) is 8.84. The number of amides is 1. The van der Waals surface area contributed by atoms with Gasteiger partial charge in [0.1, 0.15) is 6.61 Å². The second-order valence-corrected chi connectivity index (χ2v) is 4.44. The number of hydrogen-bond acceptors (Lipinski definition) is 2. The number of carbonyl (C=O) groups is 1. The van der Waals surface area contributed by atoms with Crippen molar-refractivity contribution in [3.63, 3.8) is 0 Å². The number of rotatable bonds is 1. The minimum absolute atomic E-state index is 0.0269. The van der Waals surface area contributed by atoms with Crippen molar-refractivity contribution in [3.8, 4) is 0 Å². The molecular weight excluding hydrogens is 178 g/mol. The topological polar surface area (TPSA) is 38.3 Å². The van der Waals surface area contributed by atoms with Crippen molar-refractivity contribution in [3.05, 3.63) is 0 Å². The molecule has 1 spiro atoms. The number of carbonyl (C=O) groups excluding carboxylic acids is 1. The third-order valence-corrected chi connectivity index (χ3v) is 3.57. The summed E-state index contributed by atoms with van der Waals surface area (Å²) < 4.78 is 5.81. The third kappa shape index (κ3) is 1.65. The first-order chi connectivity index (χ1) is 6.77. The van der Waals surface area contributed by atoms with Gasteiger partial charge in [0.05, 0.1) is 11.6 Å². The van der Waals surface area contributed by atoms with Crippen LogP contribution >= 0.6 is 0 Å². The van der Waals surface area contributed by atoms with E-state index in [2.05, 4.69) is 12.2 Å². The Balaban J connectivity index is 2.10. The van der Waals surface area contributed by atoms with E-state index in [0.717, 1.165) is 19.3 Å². The average molecular weight is 197 g/mol. The van der Waals surface area contributed by atoms with Gasteiger partial charge in [0.25, 0.3) is 0 Å². The Morgan fingerprint density at radius 2 is 2.14 bits per heavy atom. The zero-order valence-electron chi connectivity index (χ0n) is 8.84. The number of nitrogens with one attached hydrogen (secondary N) is 1. The summed E-state index contributed by atoms with van der Waals surface area (Å²) in [4.78, 5) is 11.2. The first-order valence-corrected chi connectivity index (χ1v) is 5.70. The summed E-state index contributed by atoms with van der Waals surface area (Å²) in [7, 11) is 0. The van der Waals surface area contributed by atoms with Crippen LogP contribution in [0.4, 0.5) is 0 Å². The van der Waals surface area contributed by atoms with E-state index in [1.54, 1.807) is 0 Å². The summed E-state index contributed by atoms with van der Waals surface area (Å²) in [5.41, 5.74) is -0.0269. The molecule has 0 bridgehead atoms. The first-order valence-electron chi connectivity index (χ1n) is 5.70. The van der Waals surface area contributed by atoms with Crippen LogP contribution < -0.4 is 5.32 Å². The summed E-state index contributed by atoms with van der Waals surface area (Å²) >= 11 is 0. The number of ether oxygens (including phenoxy) is 1. The van der Waals surface area contributed by atoms with Crippen molar-refractivity contribution in [1.82, 2.24) is 5.32 Å². The summed E-state index contributed by atoms with van der Waals surface area (Å²) in [5, 5.41) is 3.06. The summed E-state index contributed by atoms with van der Waals surface area (Å²) in [6, 6.07) is 0.240. The molecule has 1 heterocycles. The van der Waals surface area contributed by atoms with Gasteiger partial charge in [-0.1, -0.05) is 26.2 Å². The van der Waals surface area contributed by atoms with Crippen LogP contribution in [-0.4, -0.2) is 24.2 Å². The predicted molar refractivity (Wildman–Crippen MR) is 54.0 cm³/mol.